The van der Waals surface area contributed by atoms with Gasteiger partial charge in [-0.25, -0.2) is 8.42 Å². The molecule has 0 amide bonds. The molecule has 6 nitrogen and oxygen atoms in total. The highest BCUT2D eigenvalue weighted by Gasteiger charge is 2.60. The minimum absolute atomic E-state index is 0.0654. The summed E-state index contributed by atoms with van der Waals surface area (Å²) in [5.41, 5.74) is 0. The van der Waals surface area contributed by atoms with Gasteiger partial charge in [-0.15, -0.1) is 0 Å². The van der Waals surface area contributed by atoms with Gasteiger partial charge >= 0.3 is 0 Å². The zero-order valence-electron chi connectivity index (χ0n) is 11.1. The molecule has 0 heterocycles. The van der Waals surface area contributed by atoms with Gasteiger partial charge in [0, 0.05) is 7.11 Å². The maximum atomic E-state index is 12.5. The van der Waals surface area contributed by atoms with Crippen molar-refractivity contribution >= 4 is 20.0 Å². The number of rotatable bonds is 7. The van der Waals surface area contributed by atoms with E-state index in [0.29, 0.717) is 12.8 Å². The van der Waals surface area contributed by atoms with E-state index < -0.39 is 29.4 Å². The van der Waals surface area contributed by atoms with Crippen LogP contribution in [0.4, 0.5) is 0 Å². The van der Waals surface area contributed by atoms with Crippen LogP contribution in [0, 0.1) is 0 Å². The molecule has 0 atom stereocenters. The average molecular weight is 300 g/mol. The van der Waals surface area contributed by atoms with E-state index in [0.717, 1.165) is 6.26 Å². The van der Waals surface area contributed by atoms with Gasteiger partial charge in [-0.2, -0.15) is 8.42 Å². The molecular weight excluding hydrogens is 280 g/mol. The van der Waals surface area contributed by atoms with Crippen molar-refractivity contribution < 1.29 is 25.8 Å². The summed E-state index contributed by atoms with van der Waals surface area (Å²) in [7, 11) is -5.72. The zero-order chi connectivity index (χ0) is 14.2. The molecule has 0 aliphatic heterocycles. The first-order valence-corrected chi connectivity index (χ1v) is 8.85. The lowest BCUT2D eigenvalue weighted by Crippen LogP contribution is -2.46. The summed E-state index contributed by atoms with van der Waals surface area (Å²) in [6, 6.07) is 0. The molecule has 108 valence electrons. The molecule has 1 fully saturated rings. The number of sulfone groups is 1. The molecule has 1 saturated carbocycles. The second-order valence-corrected chi connectivity index (χ2v) is 9.97. The van der Waals surface area contributed by atoms with E-state index in [1.165, 1.54) is 7.11 Å². The Labute approximate surface area is 109 Å². The summed E-state index contributed by atoms with van der Waals surface area (Å²) in [4.78, 5) is 0. The summed E-state index contributed by atoms with van der Waals surface area (Å²) in [6.07, 6.45) is 1.77. The Bertz CT molecular complexity index is 498. The first-order valence-electron chi connectivity index (χ1n) is 5.55. The minimum Gasteiger partial charge on any atom is -0.383 e. The predicted molar refractivity (Wildman–Crippen MR) is 67.6 cm³/mol. The van der Waals surface area contributed by atoms with Gasteiger partial charge in [0.05, 0.1) is 29.0 Å². The number of ether oxygens (including phenoxy) is 1. The number of methoxy groups -OCH3 is 1. The van der Waals surface area contributed by atoms with Crippen LogP contribution in [0.2, 0.25) is 0 Å². The van der Waals surface area contributed by atoms with E-state index in [1.807, 2.05) is 0 Å². The van der Waals surface area contributed by atoms with Gasteiger partial charge in [0.1, 0.15) is 0 Å². The molecule has 1 aliphatic carbocycles. The Morgan fingerprint density at radius 2 is 1.67 bits per heavy atom. The first-order chi connectivity index (χ1) is 7.97. The molecule has 0 unspecified atom stereocenters. The van der Waals surface area contributed by atoms with Crippen LogP contribution in [0.5, 0.6) is 0 Å². The monoisotopic (exact) mass is 300 g/mol. The fraction of sp³-hybridized carbons (Fsp3) is 1.00. The first kappa shape index (κ1) is 15.9. The van der Waals surface area contributed by atoms with Crippen LogP contribution in [0.3, 0.4) is 0 Å². The smallest absolute Gasteiger partial charge is 0.264 e. The second kappa shape index (κ2) is 4.73. The highest BCUT2D eigenvalue weighted by atomic mass is 32.2. The van der Waals surface area contributed by atoms with E-state index in [9.17, 15) is 16.8 Å². The maximum Gasteiger partial charge on any atom is 0.264 e. The van der Waals surface area contributed by atoms with Gasteiger partial charge in [0.25, 0.3) is 10.1 Å². The van der Waals surface area contributed by atoms with Crippen molar-refractivity contribution in [3.8, 4) is 0 Å². The van der Waals surface area contributed by atoms with E-state index in [1.54, 1.807) is 13.8 Å². The maximum absolute atomic E-state index is 12.5. The Balaban J connectivity index is 2.92. The van der Waals surface area contributed by atoms with Crippen LogP contribution >= 0.6 is 0 Å². The van der Waals surface area contributed by atoms with Crippen molar-refractivity contribution in [2.24, 2.45) is 0 Å². The Kier molecular flexibility index (Phi) is 4.18. The van der Waals surface area contributed by atoms with Crippen molar-refractivity contribution in [3.63, 3.8) is 0 Å². The van der Waals surface area contributed by atoms with Gasteiger partial charge in [-0.1, -0.05) is 0 Å². The van der Waals surface area contributed by atoms with Crippen LogP contribution in [-0.4, -0.2) is 52.9 Å². The SMILES string of the molecule is COCC(C)(C)S(=O)(=O)C1(COS(C)(=O)=O)CC1. The largest absolute Gasteiger partial charge is 0.383 e. The second-order valence-electron chi connectivity index (χ2n) is 5.35. The normalized spacial score (nSPS) is 19.8. The standard InChI is InChI=1S/C10H20O6S2/c1-9(2,7-15-3)18(13,14)10(5-6-10)8-16-17(4,11)12/h5-8H2,1-4H3. The molecule has 8 heteroatoms. The van der Waals surface area contributed by atoms with E-state index >= 15 is 0 Å². The van der Waals surface area contributed by atoms with Crippen LogP contribution in [0.25, 0.3) is 0 Å². The van der Waals surface area contributed by atoms with Crippen LogP contribution in [-0.2, 0) is 28.9 Å². The number of hydrogen-bond acceptors (Lipinski definition) is 6. The van der Waals surface area contributed by atoms with Crippen LogP contribution in [0.15, 0.2) is 0 Å². The van der Waals surface area contributed by atoms with Crippen LogP contribution in [0.1, 0.15) is 26.7 Å². The Hall–Kier alpha value is -0.180. The zero-order valence-corrected chi connectivity index (χ0v) is 12.7. The fourth-order valence-corrected chi connectivity index (χ4v) is 4.67. The molecule has 0 bridgehead atoms. The van der Waals surface area contributed by atoms with Crippen molar-refractivity contribution in [1.82, 2.24) is 0 Å². The van der Waals surface area contributed by atoms with Gasteiger partial charge < -0.3 is 4.74 Å². The van der Waals surface area contributed by atoms with Crippen LogP contribution < -0.4 is 0 Å². The minimum atomic E-state index is -3.63. The molecule has 0 radical (unpaired) electrons. The lowest BCUT2D eigenvalue weighted by Gasteiger charge is -2.29. The van der Waals surface area contributed by atoms with Gasteiger partial charge in [0.2, 0.25) is 0 Å². The molecule has 1 aliphatic rings. The lowest BCUT2D eigenvalue weighted by molar-refractivity contribution is 0.173. The van der Waals surface area contributed by atoms with E-state index in [2.05, 4.69) is 4.18 Å². The summed E-state index contributed by atoms with van der Waals surface area (Å²) in [5.74, 6) is 0. The molecule has 0 N–H and O–H groups in total. The Morgan fingerprint density at radius 3 is 2.00 bits per heavy atom. The fourth-order valence-electron chi connectivity index (χ4n) is 1.86. The molecule has 0 saturated heterocycles. The number of hydrogen-bond donors (Lipinski definition) is 0. The summed E-state index contributed by atoms with van der Waals surface area (Å²) in [5, 5.41) is 0. The van der Waals surface area contributed by atoms with E-state index in [4.69, 9.17) is 4.74 Å². The van der Waals surface area contributed by atoms with E-state index in [-0.39, 0.29) is 13.2 Å². The molecule has 18 heavy (non-hydrogen) atoms. The topological polar surface area (TPSA) is 86.7 Å². The lowest BCUT2D eigenvalue weighted by atomic mass is 10.2. The third-order valence-electron chi connectivity index (χ3n) is 3.13. The Morgan fingerprint density at radius 1 is 1.17 bits per heavy atom. The molecule has 0 aromatic heterocycles. The molecule has 0 spiro atoms. The van der Waals surface area contributed by atoms with Crippen molar-refractivity contribution in [2.75, 3.05) is 26.6 Å². The highest BCUT2D eigenvalue weighted by Crippen LogP contribution is 2.48. The molecule has 1 rings (SSSR count). The van der Waals surface area contributed by atoms with Crippen molar-refractivity contribution in [1.29, 1.82) is 0 Å². The third-order valence-corrected chi connectivity index (χ3v) is 6.92. The predicted octanol–water partition coefficient (Wildman–Crippen LogP) is 0.335. The summed E-state index contributed by atoms with van der Waals surface area (Å²) in [6.45, 7) is 2.91. The van der Waals surface area contributed by atoms with Gasteiger partial charge in [-0.3, -0.25) is 4.18 Å². The molecule has 0 aromatic rings. The van der Waals surface area contributed by atoms with Gasteiger partial charge in [-0.05, 0) is 26.7 Å². The summed E-state index contributed by atoms with van der Waals surface area (Å²) >= 11 is 0. The van der Waals surface area contributed by atoms with Crippen molar-refractivity contribution in [2.45, 2.75) is 36.2 Å². The average Bonchev–Trinajstić information content (AvgIpc) is 2.94. The van der Waals surface area contributed by atoms with Crippen molar-refractivity contribution in [3.05, 3.63) is 0 Å². The molecule has 0 aromatic carbocycles. The van der Waals surface area contributed by atoms with Gasteiger partial charge in [0.15, 0.2) is 9.84 Å². The molecular formula is C10H20O6S2. The third kappa shape index (κ3) is 3.04. The highest BCUT2D eigenvalue weighted by molar-refractivity contribution is 7.94. The quantitative estimate of drug-likeness (QED) is 0.630. The summed E-state index contributed by atoms with van der Waals surface area (Å²) < 4.78 is 54.4.